The van der Waals surface area contributed by atoms with Crippen LogP contribution in [0.2, 0.25) is 0 Å². The van der Waals surface area contributed by atoms with Crippen molar-refractivity contribution >= 4 is 5.91 Å². The lowest BCUT2D eigenvalue weighted by molar-refractivity contribution is 0.0931. The molecule has 0 saturated heterocycles. The fraction of sp³-hybridized carbons (Fsp3) is 0.562. The van der Waals surface area contributed by atoms with Gasteiger partial charge in [0.05, 0.1) is 0 Å². The van der Waals surface area contributed by atoms with Gasteiger partial charge in [-0.15, -0.1) is 0 Å². The number of aryl methyl sites for hydroxylation is 2. The summed E-state index contributed by atoms with van der Waals surface area (Å²) in [6, 6.07) is 5.95. The van der Waals surface area contributed by atoms with Gasteiger partial charge in [0.1, 0.15) is 0 Å². The molecule has 1 fully saturated rings. The molecule has 1 aromatic rings. The standard InChI is InChI=1S/C16H24N2O/c1-12-6-5-7-13(2)14(12)15(19)18-11-16(10-17)8-3-4-9-16/h5-7H,3-4,8-11,17H2,1-2H3,(H,18,19). The Morgan fingerprint density at radius 1 is 1.26 bits per heavy atom. The van der Waals surface area contributed by atoms with Crippen LogP contribution < -0.4 is 11.1 Å². The average molecular weight is 260 g/mol. The Morgan fingerprint density at radius 3 is 2.37 bits per heavy atom. The Balaban J connectivity index is 2.05. The third-order valence-corrected chi connectivity index (χ3v) is 4.43. The number of carbonyl (C=O) groups is 1. The van der Waals surface area contributed by atoms with Crippen molar-refractivity contribution in [3.8, 4) is 0 Å². The Morgan fingerprint density at radius 2 is 1.84 bits per heavy atom. The lowest BCUT2D eigenvalue weighted by Crippen LogP contribution is -2.41. The smallest absolute Gasteiger partial charge is 0.251 e. The molecule has 1 aliphatic rings. The van der Waals surface area contributed by atoms with Crippen molar-refractivity contribution < 1.29 is 4.79 Å². The molecule has 3 heteroatoms. The molecule has 0 unspecified atom stereocenters. The molecule has 0 bridgehead atoms. The van der Waals surface area contributed by atoms with Gasteiger partial charge < -0.3 is 11.1 Å². The van der Waals surface area contributed by atoms with Gasteiger partial charge in [-0.25, -0.2) is 0 Å². The molecule has 1 saturated carbocycles. The molecule has 3 nitrogen and oxygen atoms in total. The van der Waals surface area contributed by atoms with Gasteiger partial charge in [-0.3, -0.25) is 4.79 Å². The van der Waals surface area contributed by atoms with Gasteiger partial charge >= 0.3 is 0 Å². The summed E-state index contributed by atoms with van der Waals surface area (Å²) in [7, 11) is 0. The van der Waals surface area contributed by atoms with Gasteiger partial charge in [-0.05, 0) is 49.8 Å². The zero-order valence-corrected chi connectivity index (χ0v) is 12.0. The summed E-state index contributed by atoms with van der Waals surface area (Å²) in [6.07, 6.45) is 4.74. The summed E-state index contributed by atoms with van der Waals surface area (Å²) >= 11 is 0. The fourth-order valence-electron chi connectivity index (χ4n) is 3.11. The third-order valence-electron chi connectivity index (χ3n) is 4.43. The van der Waals surface area contributed by atoms with Crippen LogP contribution in [0, 0.1) is 19.3 Å². The maximum absolute atomic E-state index is 12.3. The first-order chi connectivity index (χ1) is 9.08. The number of hydrogen-bond acceptors (Lipinski definition) is 2. The molecule has 1 amide bonds. The maximum Gasteiger partial charge on any atom is 0.251 e. The van der Waals surface area contributed by atoms with Crippen molar-refractivity contribution in [2.75, 3.05) is 13.1 Å². The van der Waals surface area contributed by atoms with Crippen LogP contribution in [-0.4, -0.2) is 19.0 Å². The number of benzene rings is 1. The van der Waals surface area contributed by atoms with Crippen molar-refractivity contribution in [3.05, 3.63) is 34.9 Å². The minimum Gasteiger partial charge on any atom is -0.351 e. The number of rotatable bonds is 4. The lowest BCUT2D eigenvalue weighted by atomic mass is 9.86. The number of carbonyl (C=O) groups excluding carboxylic acids is 1. The van der Waals surface area contributed by atoms with E-state index in [4.69, 9.17) is 5.73 Å². The van der Waals surface area contributed by atoms with E-state index in [-0.39, 0.29) is 11.3 Å². The highest BCUT2D eigenvalue weighted by atomic mass is 16.1. The molecule has 0 aromatic heterocycles. The van der Waals surface area contributed by atoms with Gasteiger partial charge in [0.15, 0.2) is 0 Å². The summed E-state index contributed by atoms with van der Waals surface area (Å²) in [5.74, 6) is 0.0373. The van der Waals surface area contributed by atoms with Crippen LogP contribution in [0.4, 0.5) is 0 Å². The van der Waals surface area contributed by atoms with Gasteiger partial charge in [0, 0.05) is 12.1 Å². The van der Waals surface area contributed by atoms with Crippen molar-refractivity contribution in [1.29, 1.82) is 0 Å². The SMILES string of the molecule is Cc1cccc(C)c1C(=O)NCC1(CN)CCCC1. The zero-order valence-electron chi connectivity index (χ0n) is 12.0. The molecule has 104 valence electrons. The van der Waals surface area contributed by atoms with Crippen molar-refractivity contribution in [2.45, 2.75) is 39.5 Å². The van der Waals surface area contributed by atoms with E-state index < -0.39 is 0 Å². The highest BCUT2D eigenvalue weighted by molar-refractivity contribution is 5.97. The predicted octanol–water partition coefficient (Wildman–Crippen LogP) is 2.55. The lowest BCUT2D eigenvalue weighted by Gasteiger charge is -2.27. The fourth-order valence-corrected chi connectivity index (χ4v) is 3.11. The van der Waals surface area contributed by atoms with E-state index in [9.17, 15) is 4.79 Å². The van der Waals surface area contributed by atoms with Gasteiger partial charge in [0.2, 0.25) is 0 Å². The predicted molar refractivity (Wildman–Crippen MR) is 78.2 cm³/mol. The van der Waals surface area contributed by atoms with Crippen LogP contribution in [0.15, 0.2) is 18.2 Å². The van der Waals surface area contributed by atoms with Crippen LogP contribution >= 0.6 is 0 Å². The Bertz CT molecular complexity index is 442. The molecule has 1 aliphatic carbocycles. The molecule has 2 rings (SSSR count). The van der Waals surface area contributed by atoms with E-state index in [1.54, 1.807) is 0 Å². The molecule has 0 heterocycles. The highest BCUT2D eigenvalue weighted by Gasteiger charge is 2.32. The quantitative estimate of drug-likeness (QED) is 0.874. The third kappa shape index (κ3) is 2.98. The second-order valence-corrected chi connectivity index (χ2v) is 5.86. The Hall–Kier alpha value is -1.35. The topological polar surface area (TPSA) is 55.1 Å². The minimum atomic E-state index is 0.0373. The number of amides is 1. The summed E-state index contributed by atoms with van der Waals surface area (Å²) in [4.78, 5) is 12.3. The normalized spacial score (nSPS) is 17.4. The van der Waals surface area contributed by atoms with Crippen LogP contribution in [0.25, 0.3) is 0 Å². The van der Waals surface area contributed by atoms with Gasteiger partial charge in [0.25, 0.3) is 5.91 Å². The first-order valence-electron chi connectivity index (χ1n) is 7.12. The maximum atomic E-state index is 12.3. The summed E-state index contributed by atoms with van der Waals surface area (Å²) in [5, 5.41) is 3.10. The van der Waals surface area contributed by atoms with Crippen LogP contribution in [0.5, 0.6) is 0 Å². The van der Waals surface area contributed by atoms with Gasteiger partial charge in [-0.1, -0.05) is 31.0 Å². The molecular formula is C16H24N2O. The van der Waals surface area contributed by atoms with Crippen molar-refractivity contribution in [2.24, 2.45) is 11.1 Å². The van der Waals surface area contributed by atoms with E-state index in [2.05, 4.69) is 5.32 Å². The van der Waals surface area contributed by atoms with E-state index >= 15 is 0 Å². The summed E-state index contributed by atoms with van der Waals surface area (Å²) in [6.45, 7) is 5.34. The molecule has 1 aromatic carbocycles. The Kier molecular flexibility index (Phi) is 4.25. The molecule has 0 spiro atoms. The largest absolute Gasteiger partial charge is 0.351 e. The molecule has 19 heavy (non-hydrogen) atoms. The molecule has 0 aliphatic heterocycles. The van der Waals surface area contributed by atoms with Gasteiger partial charge in [-0.2, -0.15) is 0 Å². The van der Waals surface area contributed by atoms with Crippen LogP contribution in [0.3, 0.4) is 0 Å². The van der Waals surface area contributed by atoms with E-state index in [0.29, 0.717) is 13.1 Å². The second-order valence-electron chi connectivity index (χ2n) is 5.86. The number of nitrogens with two attached hydrogens (primary N) is 1. The monoisotopic (exact) mass is 260 g/mol. The number of nitrogens with one attached hydrogen (secondary N) is 1. The van der Waals surface area contributed by atoms with Crippen LogP contribution in [-0.2, 0) is 0 Å². The molecular weight excluding hydrogens is 236 g/mol. The summed E-state index contributed by atoms with van der Waals surface area (Å²) < 4.78 is 0. The van der Waals surface area contributed by atoms with Crippen molar-refractivity contribution in [3.63, 3.8) is 0 Å². The summed E-state index contributed by atoms with van der Waals surface area (Å²) in [5.41, 5.74) is 8.91. The highest BCUT2D eigenvalue weighted by Crippen LogP contribution is 2.36. The number of hydrogen-bond donors (Lipinski definition) is 2. The Labute approximate surface area is 115 Å². The molecule has 0 radical (unpaired) electrons. The van der Waals surface area contributed by atoms with Crippen LogP contribution in [0.1, 0.15) is 47.2 Å². The van der Waals surface area contributed by atoms with E-state index in [0.717, 1.165) is 29.5 Å². The van der Waals surface area contributed by atoms with E-state index in [1.807, 2.05) is 32.0 Å². The first kappa shape index (κ1) is 14.1. The second kappa shape index (κ2) is 5.74. The van der Waals surface area contributed by atoms with E-state index in [1.165, 1.54) is 12.8 Å². The minimum absolute atomic E-state index is 0.0373. The van der Waals surface area contributed by atoms with Crippen molar-refractivity contribution in [1.82, 2.24) is 5.32 Å². The average Bonchev–Trinajstić information content (AvgIpc) is 2.86. The zero-order chi connectivity index (χ0) is 13.9. The molecule has 0 atom stereocenters. The molecule has 3 N–H and O–H groups in total. The first-order valence-corrected chi connectivity index (χ1v) is 7.12.